The van der Waals surface area contributed by atoms with Crippen LogP contribution in [0.15, 0.2) is 48.5 Å². The molecule has 2 aromatic rings. The van der Waals surface area contributed by atoms with E-state index in [2.05, 4.69) is 5.32 Å². The van der Waals surface area contributed by atoms with Gasteiger partial charge in [0.25, 0.3) is 5.91 Å². The van der Waals surface area contributed by atoms with Gasteiger partial charge in [0.2, 0.25) is 5.91 Å². The number of rotatable bonds is 4. The third-order valence-electron chi connectivity index (χ3n) is 5.58. The van der Waals surface area contributed by atoms with Crippen molar-refractivity contribution in [3.8, 4) is 0 Å². The molecule has 27 heavy (non-hydrogen) atoms. The van der Waals surface area contributed by atoms with Gasteiger partial charge in [-0.1, -0.05) is 36.4 Å². The van der Waals surface area contributed by atoms with Crippen LogP contribution in [0.25, 0.3) is 0 Å². The second-order valence-corrected chi connectivity index (χ2v) is 7.86. The van der Waals surface area contributed by atoms with Crippen LogP contribution >= 0.6 is 0 Å². The van der Waals surface area contributed by atoms with Crippen molar-refractivity contribution in [1.82, 2.24) is 10.2 Å². The molecule has 0 saturated carbocycles. The van der Waals surface area contributed by atoms with Gasteiger partial charge in [0.1, 0.15) is 0 Å². The maximum absolute atomic E-state index is 12.9. The predicted octanol–water partition coefficient (Wildman–Crippen LogP) is 3.86. The van der Waals surface area contributed by atoms with Crippen LogP contribution in [0, 0.1) is 19.3 Å². The maximum Gasteiger partial charge on any atom is 0.253 e. The highest BCUT2D eigenvalue weighted by molar-refractivity contribution is 5.95. The summed E-state index contributed by atoms with van der Waals surface area (Å²) in [4.78, 5) is 27.6. The Morgan fingerprint density at radius 1 is 1.07 bits per heavy atom. The SMILES string of the molecule is Cc1ccc(C(=O)N2CCC[C@](C)(C(=O)NCc3ccccc3)C2)cc1C. The van der Waals surface area contributed by atoms with E-state index in [1.165, 1.54) is 5.56 Å². The molecule has 1 atom stereocenters. The van der Waals surface area contributed by atoms with E-state index in [0.717, 1.165) is 24.0 Å². The molecule has 0 spiro atoms. The van der Waals surface area contributed by atoms with Crippen molar-refractivity contribution in [3.63, 3.8) is 0 Å². The van der Waals surface area contributed by atoms with Crippen molar-refractivity contribution < 1.29 is 9.59 Å². The molecule has 1 aliphatic heterocycles. The fourth-order valence-corrected chi connectivity index (χ4v) is 3.65. The zero-order valence-electron chi connectivity index (χ0n) is 16.4. The summed E-state index contributed by atoms with van der Waals surface area (Å²) < 4.78 is 0. The zero-order valence-corrected chi connectivity index (χ0v) is 16.4. The summed E-state index contributed by atoms with van der Waals surface area (Å²) in [6.45, 7) is 7.70. The Kier molecular flexibility index (Phi) is 5.64. The number of aryl methyl sites for hydroxylation is 2. The van der Waals surface area contributed by atoms with E-state index in [-0.39, 0.29) is 11.8 Å². The third-order valence-corrected chi connectivity index (χ3v) is 5.58. The summed E-state index contributed by atoms with van der Waals surface area (Å²) in [5, 5.41) is 3.05. The molecule has 1 fully saturated rings. The summed E-state index contributed by atoms with van der Waals surface area (Å²) in [6.07, 6.45) is 1.64. The molecule has 4 nitrogen and oxygen atoms in total. The van der Waals surface area contributed by atoms with Crippen LogP contribution in [-0.2, 0) is 11.3 Å². The van der Waals surface area contributed by atoms with E-state index in [4.69, 9.17) is 0 Å². The van der Waals surface area contributed by atoms with Gasteiger partial charge in [-0.25, -0.2) is 0 Å². The minimum absolute atomic E-state index is 0.0138. The number of carbonyl (C=O) groups excluding carboxylic acids is 2. The van der Waals surface area contributed by atoms with Gasteiger partial charge in [0.15, 0.2) is 0 Å². The second kappa shape index (κ2) is 7.95. The Hall–Kier alpha value is -2.62. The quantitative estimate of drug-likeness (QED) is 0.895. The zero-order chi connectivity index (χ0) is 19.4. The fourth-order valence-electron chi connectivity index (χ4n) is 3.65. The molecule has 1 heterocycles. The lowest BCUT2D eigenvalue weighted by Crippen LogP contribution is -2.51. The van der Waals surface area contributed by atoms with Crippen molar-refractivity contribution >= 4 is 11.8 Å². The van der Waals surface area contributed by atoms with Crippen LogP contribution in [0.3, 0.4) is 0 Å². The molecular formula is C23H28N2O2. The lowest BCUT2D eigenvalue weighted by Gasteiger charge is -2.39. The number of amides is 2. The van der Waals surface area contributed by atoms with Gasteiger partial charge in [-0.15, -0.1) is 0 Å². The molecule has 0 radical (unpaired) electrons. The highest BCUT2D eigenvalue weighted by Crippen LogP contribution is 2.31. The Bertz CT molecular complexity index is 832. The molecule has 2 aromatic carbocycles. The average molecular weight is 364 g/mol. The van der Waals surface area contributed by atoms with Crippen LogP contribution in [0.4, 0.5) is 0 Å². The van der Waals surface area contributed by atoms with Crippen LogP contribution in [0.1, 0.15) is 46.8 Å². The predicted molar refractivity (Wildman–Crippen MR) is 107 cm³/mol. The molecule has 3 rings (SSSR count). The minimum Gasteiger partial charge on any atom is -0.351 e. The number of nitrogens with one attached hydrogen (secondary N) is 1. The average Bonchev–Trinajstić information content (AvgIpc) is 2.68. The third kappa shape index (κ3) is 4.38. The summed E-state index contributed by atoms with van der Waals surface area (Å²) in [6, 6.07) is 15.7. The van der Waals surface area contributed by atoms with Crippen molar-refractivity contribution in [1.29, 1.82) is 0 Å². The van der Waals surface area contributed by atoms with Gasteiger partial charge in [-0.05, 0) is 62.4 Å². The van der Waals surface area contributed by atoms with E-state index >= 15 is 0 Å². The lowest BCUT2D eigenvalue weighted by atomic mass is 9.80. The molecular weight excluding hydrogens is 336 g/mol. The topological polar surface area (TPSA) is 49.4 Å². The maximum atomic E-state index is 12.9. The van der Waals surface area contributed by atoms with Crippen molar-refractivity contribution in [2.75, 3.05) is 13.1 Å². The summed E-state index contributed by atoms with van der Waals surface area (Å²) >= 11 is 0. The normalized spacial score (nSPS) is 19.6. The molecule has 1 saturated heterocycles. The van der Waals surface area contributed by atoms with Gasteiger partial charge in [-0.2, -0.15) is 0 Å². The van der Waals surface area contributed by atoms with E-state index < -0.39 is 5.41 Å². The standard InChI is InChI=1S/C23H28N2O2/c1-17-10-11-20(14-18(17)2)21(26)25-13-7-12-23(3,16-25)22(27)24-15-19-8-5-4-6-9-19/h4-6,8-11,14H,7,12-13,15-16H2,1-3H3,(H,24,27)/t23-/m0/s1. The molecule has 2 amide bonds. The van der Waals surface area contributed by atoms with Gasteiger partial charge in [0.05, 0.1) is 5.41 Å². The Balaban J connectivity index is 1.67. The molecule has 142 valence electrons. The highest BCUT2D eigenvalue weighted by Gasteiger charge is 2.39. The number of benzene rings is 2. The smallest absolute Gasteiger partial charge is 0.253 e. The summed E-state index contributed by atoms with van der Waals surface area (Å²) in [5.74, 6) is 0.0313. The monoisotopic (exact) mass is 364 g/mol. The molecule has 0 bridgehead atoms. The highest BCUT2D eigenvalue weighted by atomic mass is 16.2. The van der Waals surface area contributed by atoms with Crippen LogP contribution in [0.2, 0.25) is 0 Å². The molecule has 1 aliphatic rings. The van der Waals surface area contributed by atoms with Gasteiger partial charge >= 0.3 is 0 Å². The van der Waals surface area contributed by atoms with Crippen LogP contribution in [0.5, 0.6) is 0 Å². The number of likely N-dealkylation sites (tertiary alicyclic amines) is 1. The first-order valence-corrected chi connectivity index (χ1v) is 9.58. The van der Waals surface area contributed by atoms with Gasteiger partial charge in [-0.3, -0.25) is 9.59 Å². The van der Waals surface area contributed by atoms with Crippen molar-refractivity contribution in [2.45, 2.75) is 40.2 Å². The van der Waals surface area contributed by atoms with Crippen molar-refractivity contribution in [3.05, 3.63) is 70.8 Å². The van der Waals surface area contributed by atoms with Gasteiger partial charge in [0, 0.05) is 25.2 Å². The first-order chi connectivity index (χ1) is 12.9. The van der Waals surface area contributed by atoms with Crippen LogP contribution in [-0.4, -0.2) is 29.8 Å². The summed E-state index contributed by atoms with van der Waals surface area (Å²) in [7, 11) is 0. The molecule has 1 N–H and O–H groups in total. The minimum atomic E-state index is -0.553. The second-order valence-electron chi connectivity index (χ2n) is 7.86. The van der Waals surface area contributed by atoms with E-state index in [0.29, 0.717) is 25.2 Å². The molecule has 0 aliphatic carbocycles. The number of carbonyl (C=O) groups is 2. The van der Waals surface area contributed by atoms with E-state index in [9.17, 15) is 9.59 Å². The first-order valence-electron chi connectivity index (χ1n) is 9.58. The summed E-state index contributed by atoms with van der Waals surface area (Å²) in [5.41, 5.74) is 3.51. The van der Waals surface area contributed by atoms with Crippen molar-refractivity contribution in [2.24, 2.45) is 5.41 Å². The lowest BCUT2D eigenvalue weighted by molar-refractivity contribution is -0.132. The first kappa shape index (κ1) is 19.2. The molecule has 0 aromatic heterocycles. The fraction of sp³-hybridized carbons (Fsp3) is 0.391. The number of piperidine rings is 1. The Morgan fingerprint density at radius 2 is 1.81 bits per heavy atom. The van der Waals surface area contributed by atoms with E-state index in [1.54, 1.807) is 0 Å². The molecule has 0 unspecified atom stereocenters. The van der Waals surface area contributed by atoms with Crippen LogP contribution < -0.4 is 5.32 Å². The Morgan fingerprint density at radius 3 is 2.52 bits per heavy atom. The number of hydrogen-bond donors (Lipinski definition) is 1. The van der Waals surface area contributed by atoms with Gasteiger partial charge < -0.3 is 10.2 Å². The van der Waals surface area contributed by atoms with E-state index in [1.807, 2.05) is 74.2 Å². The number of nitrogens with zero attached hydrogens (tertiary/aromatic N) is 1. The Labute approximate surface area is 161 Å². The number of hydrogen-bond acceptors (Lipinski definition) is 2. The molecule has 4 heteroatoms. The largest absolute Gasteiger partial charge is 0.351 e.